The van der Waals surface area contributed by atoms with Gasteiger partial charge in [-0.15, -0.1) is 6.42 Å². The Hall–Kier alpha value is -2.78. The third-order valence-corrected chi connectivity index (χ3v) is 3.35. The number of aliphatic hydroxyl groups is 1. The van der Waals surface area contributed by atoms with E-state index in [1.807, 2.05) is 0 Å². The van der Waals surface area contributed by atoms with Crippen molar-refractivity contribution in [1.82, 2.24) is 10.1 Å². The number of benzene rings is 1. The van der Waals surface area contributed by atoms with Gasteiger partial charge in [0.2, 0.25) is 0 Å². The van der Waals surface area contributed by atoms with E-state index in [1.165, 1.54) is 11.8 Å². The Morgan fingerprint density at radius 3 is 2.65 bits per heavy atom. The summed E-state index contributed by atoms with van der Waals surface area (Å²) in [5.41, 5.74) is 1.25. The fourth-order valence-corrected chi connectivity index (χ4v) is 2.14. The van der Waals surface area contributed by atoms with Crippen LogP contribution in [0, 0.1) is 12.3 Å². The molecule has 0 fully saturated rings. The highest BCUT2D eigenvalue weighted by Crippen LogP contribution is 2.31. The Morgan fingerprint density at radius 2 is 2.13 bits per heavy atom. The Morgan fingerprint density at radius 1 is 1.48 bits per heavy atom. The van der Waals surface area contributed by atoms with Crippen LogP contribution in [-0.2, 0) is 0 Å². The van der Waals surface area contributed by atoms with Gasteiger partial charge in [0.05, 0.1) is 13.7 Å². The number of hydrogen-bond donors (Lipinski definition) is 1. The van der Waals surface area contributed by atoms with Gasteiger partial charge in [-0.05, 0) is 31.2 Å². The fraction of sp³-hybridized carbons (Fsp3) is 0.294. The summed E-state index contributed by atoms with van der Waals surface area (Å²) in [6.07, 6.45) is 4.29. The molecular formula is C17H18N2O4. The molecule has 120 valence electrons. The first kappa shape index (κ1) is 16.6. The number of aliphatic hydroxyl groups excluding tert-OH is 1. The number of carbonyl (C=O) groups is 1. The lowest BCUT2D eigenvalue weighted by Crippen LogP contribution is -2.28. The summed E-state index contributed by atoms with van der Waals surface area (Å²) in [5, 5.41) is 13.8. The molecule has 1 aromatic carbocycles. The summed E-state index contributed by atoms with van der Waals surface area (Å²) >= 11 is 0. The molecule has 2 aromatic rings. The van der Waals surface area contributed by atoms with Crippen LogP contribution in [0.3, 0.4) is 0 Å². The normalized spacial score (nSPS) is 11.6. The second-order valence-electron chi connectivity index (χ2n) is 5.04. The van der Waals surface area contributed by atoms with Crippen molar-refractivity contribution in [3.05, 3.63) is 35.6 Å². The van der Waals surface area contributed by atoms with Crippen molar-refractivity contribution in [2.45, 2.75) is 13.0 Å². The van der Waals surface area contributed by atoms with E-state index in [0.29, 0.717) is 17.0 Å². The van der Waals surface area contributed by atoms with E-state index in [0.717, 1.165) is 0 Å². The molecule has 0 aliphatic rings. The molecule has 0 saturated carbocycles. The quantitative estimate of drug-likeness (QED) is 0.855. The van der Waals surface area contributed by atoms with Crippen LogP contribution in [0.1, 0.15) is 29.1 Å². The molecule has 1 aromatic heterocycles. The van der Waals surface area contributed by atoms with Gasteiger partial charge in [0.25, 0.3) is 5.91 Å². The van der Waals surface area contributed by atoms with Crippen molar-refractivity contribution in [3.8, 4) is 29.4 Å². The molecule has 1 N–H and O–H groups in total. The van der Waals surface area contributed by atoms with Gasteiger partial charge in [0.1, 0.15) is 23.1 Å². The minimum atomic E-state index is -0.965. The maximum Gasteiger partial charge on any atom is 0.260 e. The van der Waals surface area contributed by atoms with Gasteiger partial charge in [-0.2, -0.15) is 0 Å². The first-order valence-electron chi connectivity index (χ1n) is 7.00. The zero-order chi connectivity index (χ0) is 17.0. The lowest BCUT2D eigenvalue weighted by atomic mass is 10.0. The Kier molecular flexibility index (Phi) is 5.04. The molecule has 0 saturated heterocycles. The molecule has 6 nitrogen and oxygen atoms in total. The average Bonchev–Trinajstić information content (AvgIpc) is 2.99. The van der Waals surface area contributed by atoms with E-state index in [4.69, 9.17) is 15.7 Å². The number of ether oxygens (including phenoxy) is 1. The lowest BCUT2D eigenvalue weighted by Gasteiger charge is -2.15. The van der Waals surface area contributed by atoms with E-state index in [1.54, 1.807) is 38.4 Å². The number of terminal acetylenes is 1. The molecule has 0 bridgehead atoms. The van der Waals surface area contributed by atoms with Crippen LogP contribution in [0.2, 0.25) is 0 Å². The van der Waals surface area contributed by atoms with Gasteiger partial charge in [-0.25, -0.2) is 0 Å². The van der Waals surface area contributed by atoms with Gasteiger partial charge in [0, 0.05) is 12.6 Å². The molecule has 1 unspecified atom stereocenters. The van der Waals surface area contributed by atoms with E-state index >= 15 is 0 Å². The molecule has 0 radical (unpaired) electrons. The number of methoxy groups -OCH3 is 1. The monoisotopic (exact) mass is 314 g/mol. The van der Waals surface area contributed by atoms with Crippen molar-refractivity contribution in [2.24, 2.45) is 0 Å². The second-order valence-corrected chi connectivity index (χ2v) is 5.04. The molecule has 23 heavy (non-hydrogen) atoms. The van der Waals surface area contributed by atoms with Gasteiger partial charge in [-0.3, -0.25) is 4.79 Å². The number of hydrogen-bond acceptors (Lipinski definition) is 5. The van der Waals surface area contributed by atoms with E-state index in [-0.39, 0.29) is 23.8 Å². The molecule has 1 heterocycles. The fourth-order valence-electron chi connectivity index (χ4n) is 2.14. The van der Waals surface area contributed by atoms with Crippen molar-refractivity contribution < 1.29 is 19.2 Å². The van der Waals surface area contributed by atoms with Gasteiger partial charge < -0.3 is 19.3 Å². The highest BCUT2D eigenvalue weighted by atomic mass is 16.5. The van der Waals surface area contributed by atoms with Crippen LogP contribution in [0.25, 0.3) is 11.3 Å². The van der Waals surface area contributed by atoms with Crippen LogP contribution >= 0.6 is 0 Å². The minimum Gasteiger partial charge on any atom is -0.497 e. The number of amides is 1. The van der Waals surface area contributed by atoms with Crippen molar-refractivity contribution in [1.29, 1.82) is 0 Å². The smallest absolute Gasteiger partial charge is 0.260 e. The predicted molar refractivity (Wildman–Crippen MR) is 84.9 cm³/mol. The summed E-state index contributed by atoms with van der Waals surface area (Å²) in [4.78, 5) is 14.0. The maximum atomic E-state index is 12.6. The summed E-state index contributed by atoms with van der Waals surface area (Å²) in [6.45, 7) is 1.65. The van der Waals surface area contributed by atoms with Crippen molar-refractivity contribution in [2.75, 3.05) is 20.7 Å². The molecule has 1 amide bonds. The number of nitrogens with zero attached hydrogens (tertiary/aromatic N) is 2. The van der Waals surface area contributed by atoms with Crippen molar-refractivity contribution >= 4 is 5.91 Å². The van der Waals surface area contributed by atoms with Crippen LogP contribution in [0.15, 0.2) is 28.8 Å². The summed E-state index contributed by atoms with van der Waals surface area (Å²) < 4.78 is 10.3. The molecule has 0 spiro atoms. The Bertz CT molecular complexity index is 726. The molecule has 6 heteroatoms. The summed E-state index contributed by atoms with van der Waals surface area (Å²) in [5.74, 6) is 2.85. The van der Waals surface area contributed by atoms with Crippen LogP contribution in [-0.4, -0.2) is 41.8 Å². The zero-order valence-electron chi connectivity index (χ0n) is 13.2. The largest absolute Gasteiger partial charge is 0.497 e. The second kappa shape index (κ2) is 6.99. The molecular weight excluding hydrogens is 296 g/mol. The lowest BCUT2D eigenvalue weighted by molar-refractivity contribution is 0.0800. The Balaban J connectivity index is 2.51. The van der Waals surface area contributed by atoms with E-state index in [9.17, 15) is 9.90 Å². The first-order chi connectivity index (χ1) is 11.0. The SMILES string of the molecule is C#CCN(C)C(=O)c1c(-c2ccc(OC)cc2)noc1C(C)O. The number of carbonyl (C=O) groups excluding carboxylic acids is 1. The summed E-state index contributed by atoms with van der Waals surface area (Å²) in [7, 11) is 3.15. The molecule has 1 atom stereocenters. The first-order valence-corrected chi connectivity index (χ1v) is 7.00. The van der Waals surface area contributed by atoms with E-state index in [2.05, 4.69) is 11.1 Å². The standard InChI is InChI=1S/C17H18N2O4/c1-5-10-19(3)17(21)14-15(18-23-16(14)11(2)20)12-6-8-13(22-4)9-7-12/h1,6-9,11,20H,10H2,2-4H3. The molecule has 0 aliphatic heterocycles. The number of aromatic nitrogens is 1. The number of rotatable bonds is 5. The van der Waals surface area contributed by atoms with Gasteiger partial charge >= 0.3 is 0 Å². The van der Waals surface area contributed by atoms with Gasteiger partial charge in [-0.1, -0.05) is 11.1 Å². The van der Waals surface area contributed by atoms with Crippen LogP contribution in [0.4, 0.5) is 0 Å². The molecule has 0 aliphatic carbocycles. The highest BCUT2D eigenvalue weighted by molar-refractivity contribution is 6.01. The third-order valence-electron chi connectivity index (χ3n) is 3.35. The predicted octanol–water partition coefficient (Wildman–Crippen LogP) is 2.11. The summed E-state index contributed by atoms with van der Waals surface area (Å²) in [6, 6.07) is 7.04. The molecule has 2 rings (SSSR count). The maximum absolute atomic E-state index is 12.6. The average molecular weight is 314 g/mol. The van der Waals surface area contributed by atoms with E-state index < -0.39 is 6.10 Å². The van der Waals surface area contributed by atoms with Crippen LogP contribution < -0.4 is 4.74 Å². The van der Waals surface area contributed by atoms with Gasteiger partial charge in [0.15, 0.2) is 5.76 Å². The third kappa shape index (κ3) is 3.35. The highest BCUT2D eigenvalue weighted by Gasteiger charge is 2.28. The zero-order valence-corrected chi connectivity index (χ0v) is 13.2. The van der Waals surface area contributed by atoms with Crippen LogP contribution in [0.5, 0.6) is 5.75 Å². The topological polar surface area (TPSA) is 75.8 Å². The minimum absolute atomic E-state index is 0.115. The van der Waals surface area contributed by atoms with Crippen molar-refractivity contribution in [3.63, 3.8) is 0 Å². The Labute approximate surface area is 134 Å².